The van der Waals surface area contributed by atoms with E-state index < -0.39 is 10.0 Å². The van der Waals surface area contributed by atoms with Crippen LogP contribution in [0.15, 0.2) is 53.4 Å². The zero-order valence-corrected chi connectivity index (χ0v) is 22.0. The number of nitrogens with one attached hydrogen (secondary N) is 1. The summed E-state index contributed by atoms with van der Waals surface area (Å²) in [7, 11) is -2.14. The SMILES string of the molecule is COc1ccc(S(=O)(=O)N2CCc3c(n(CC(=O)NCCCN4CCOCC4)c4ccccc34)C2)cc1. The van der Waals surface area contributed by atoms with Crippen molar-refractivity contribution in [3.05, 3.63) is 59.8 Å². The maximum absolute atomic E-state index is 13.4. The van der Waals surface area contributed by atoms with Gasteiger partial charge in [0.2, 0.25) is 15.9 Å². The first-order valence-electron chi connectivity index (χ1n) is 12.8. The number of ether oxygens (including phenoxy) is 2. The van der Waals surface area contributed by atoms with E-state index in [2.05, 4.69) is 16.3 Å². The Morgan fingerprint density at radius 2 is 1.81 bits per heavy atom. The number of amides is 1. The van der Waals surface area contributed by atoms with Crippen molar-refractivity contribution in [1.29, 1.82) is 0 Å². The second kappa shape index (κ2) is 11.2. The minimum Gasteiger partial charge on any atom is -0.497 e. The molecule has 2 aromatic carbocycles. The zero-order valence-electron chi connectivity index (χ0n) is 21.2. The smallest absolute Gasteiger partial charge is 0.243 e. The van der Waals surface area contributed by atoms with E-state index in [-0.39, 0.29) is 23.9 Å². The molecule has 0 atom stereocenters. The normalized spacial score (nSPS) is 17.0. The van der Waals surface area contributed by atoms with Gasteiger partial charge in [-0.25, -0.2) is 8.42 Å². The molecule has 37 heavy (non-hydrogen) atoms. The van der Waals surface area contributed by atoms with Gasteiger partial charge in [0, 0.05) is 42.8 Å². The van der Waals surface area contributed by atoms with Crippen LogP contribution in [-0.4, -0.2) is 81.1 Å². The number of carbonyl (C=O) groups excluding carboxylic acids is 1. The highest BCUT2D eigenvalue weighted by molar-refractivity contribution is 7.89. The van der Waals surface area contributed by atoms with Gasteiger partial charge in [-0.1, -0.05) is 18.2 Å². The average Bonchev–Trinajstić information content (AvgIpc) is 3.24. The van der Waals surface area contributed by atoms with Crippen LogP contribution < -0.4 is 10.1 Å². The molecule has 0 radical (unpaired) electrons. The van der Waals surface area contributed by atoms with Crippen molar-refractivity contribution in [2.24, 2.45) is 0 Å². The summed E-state index contributed by atoms with van der Waals surface area (Å²) in [5, 5.41) is 4.13. The minimum absolute atomic E-state index is 0.0688. The molecule has 9 nitrogen and oxygen atoms in total. The van der Waals surface area contributed by atoms with Gasteiger partial charge in [0.05, 0.1) is 31.8 Å². The topological polar surface area (TPSA) is 93.1 Å². The lowest BCUT2D eigenvalue weighted by Crippen LogP contribution is -2.39. The second-order valence-corrected chi connectivity index (χ2v) is 11.4. The van der Waals surface area contributed by atoms with Gasteiger partial charge in [0.1, 0.15) is 12.3 Å². The Hall–Kier alpha value is -2.92. The summed E-state index contributed by atoms with van der Waals surface area (Å²) in [4.78, 5) is 15.5. The Morgan fingerprint density at radius 1 is 1.05 bits per heavy atom. The number of nitrogens with zero attached hydrogens (tertiary/aromatic N) is 3. The van der Waals surface area contributed by atoms with Crippen LogP contribution in [0.4, 0.5) is 0 Å². The first-order valence-corrected chi connectivity index (χ1v) is 14.2. The molecule has 0 saturated carbocycles. The molecule has 5 rings (SSSR count). The van der Waals surface area contributed by atoms with Gasteiger partial charge in [-0.05, 0) is 55.3 Å². The number of methoxy groups -OCH3 is 1. The van der Waals surface area contributed by atoms with Gasteiger partial charge >= 0.3 is 0 Å². The van der Waals surface area contributed by atoms with Crippen LogP contribution in [0.25, 0.3) is 10.9 Å². The quantitative estimate of drug-likeness (QED) is 0.430. The molecule has 1 amide bonds. The van der Waals surface area contributed by atoms with Crippen LogP contribution in [0.2, 0.25) is 0 Å². The van der Waals surface area contributed by atoms with E-state index in [0.29, 0.717) is 25.3 Å². The van der Waals surface area contributed by atoms with Gasteiger partial charge in [-0.3, -0.25) is 9.69 Å². The number of hydrogen-bond donors (Lipinski definition) is 1. The Kier molecular flexibility index (Phi) is 7.80. The van der Waals surface area contributed by atoms with Crippen molar-refractivity contribution >= 4 is 26.8 Å². The molecule has 3 aromatic rings. The summed E-state index contributed by atoms with van der Waals surface area (Å²) < 4.78 is 40.9. The molecule has 2 aliphatic rings. The first kappa shape index (κ1) is 25.7. The highest BCUT2D eigenvalue weighted by Crippen LogP contribution is 2.33. The number of rotatable bonds is 9. The van der Waals surface area contributed by atoms with Crippen LogP contribution in [0, 0.1) is 0 Å². The van der Waals surface area contributed by atoms with E-state index >= 15 is 0 Å². The van der Waals surface area contributed by atoms with Crippen LogP contribution in [0.1, 0.15) is 17.7 Å². The molecule has 198 valence electrons. The molecule has 1 aromatic heterocycles. The van der Waals surface area contributed by atoms with Gasteiger partial charge in [0.25, 0.3) is 0 Å². The highest BCUT2D eigenvalue weighted by Gasteiger charge is 2.32. The van der Waals surface area contributed by atoms with Crippen molar-refractivity contribution in [2.45, 2.75) is 30.8 Å². The number of benzene rings is 2. The van der Waals surface area contributed by atoms with Crippen molar-refractivity contribution in [1.82, 2.24) is 19.1 Å². The lowest BCUT2D eigenvalue weighted by atomic mass is 10.0. The van der Waals surface area contributed by atoms with Crippen molar-refractivity contribution in [3.63, 3.8) is 0 Å². The molecule has 1 saturated heterocycles. The van der Waals surface area contributed by atoms with E-state index in [9.17, 15) is 13.2 Å². The summed E-state index contributed by atoms with van der Waals surface area (Å²) in [6, 6.07) is 14.5. The fraction of sp³-hybridized carbons (Fsp3) is 0.444. The van der Waals surface area contributed by atoms with E-state index in [4.69, 9.17) is 9.47 Å². The third-order valence-electron chi connectivity index (χ3n) is 7.21. The Bertz CT molecular complexity index is 1350. The van der Waals surface area contributed by atoms with E-state index in [1.165, 1.54) is 4.31 Å². The van der Waals surface area contributed by atoms with Crippen molar-refractivity contribution in [3.8, 4) is 5.75 Å². The molecule has 10 heteroatoms. The molecule has 1 N–H and O–H groups in total. The fourth-order valence-corrected chi connectivity index (χ4v) is 6.61. The third-order valence-corrected chi connectivity index (χ3v) is 9.07. The highest BCUT2D eigenvalue weighted by atomic mass is 32.2. The molecule has 3 heterocycles. The van der Waals surface area contributed by atoms with Crippen LogP contribution in [0.5, 0.6) is 5.75 Å². The standard InChI is InChI=1S/C27H34N4O5S/c1-35-21-7-9-22(10-8-21)37(33,34)30-14-11-24-23-5-2-3-6-25(23)31(26(24)19-30)20-27(32)28-12-4-13-29-15-17-36-18-16-29/h2-3,5-10H,4,11-20H2,1H3,(H,28,32). The second-order valence-electron chi connectivity index (χ2n) is 9.45. The molecule has 0 aliphatic carbocycles. The maximum Gasteiger partial charge on any atom is 0.243 e. The van der Waals surface area contributed by atoms with E-state index in [1.807, 2.05) is 22.8 Å². The molecular weight excluding hydrogens is 492 g/mol. The molecule has 0 unspecified atom stereocenters. The van der Waals surface area contributed by atoms with Crippen LogP contribution >= 0.6 is 0 Å². The lowest BCUT2D eigenvalue weighted by molar-refractivity contribution is -0.121. The number of sulfonamides is 1. The number of fused-ring (bicyclic) bond motifs is 3. The predicted molar refractivity (Wildman–Crippen MR) is 141 cm³/mol. The van der Waals surface area contributed by atoms with Crippen molar-refractivity contribution in [2.75, 3.05) is 53.0 Å². The summed E-state index contributed by atoms with van der Waals surface area (Å²) in [6.07, 6.45) is 1.48. The Morgan fingerprint density at radius 3 is 2.57 bits per heavy atom. The average molecular weight is 527 g/mol. The number of morpholine rings is 1. The van der Waals surface area contributed by atoms with E-state index in [0.717, 1.165) is 61.4 Å². The van der Waals surface area contributed by atoms with E-state index in [1.54, 1.807) is 31.4 Å². The molecule has 0 spiro atoms. The fourth-order valence-electron chi connectivity index (χ4n) is 5.21. The van der Waals surface area contributed by atoms with Gasteiger partial charge in [0.15, 0.2) is 0 Å². The third kappa shape index (κ3) is 5.52. The summed E-state index contributed by atoms with van der Waals surface area (Å²) in [5.41, 5.74) is 2.96. The summed E-state index contributed by atoms with van der Waals surface area (Å²) in [6.45, 7) is 5.72. The molecule has 1 fully saturated rings. The lowest BCUT2D eigenvalue weighted by Gasteiger charge is -2.28. The summed E-state index contributed by atoms with van der Waals surface area (Å²) in [5.74, 6) is 0.539. The Labute approximate surface area is 218 Å². The zero-order chi connectivity index (χ0) is 25.8. The number of para-hydroxylation sites is 1. The largest absolute Gasteiger partial charge is 0.497 e. The maximum atomic E-state index is 13.4. The minimum atomic E-state index is -3.69. The molecular formula is C27H34N4O5S. The van der Waals surface area contributed by atoms with Crippen LogP contribution in [0.3, 0.4) is 0 Å². The molecule has 0 bridgehead atoms. The number of aromatic nitrogens is 1. The first-order chi connectivity index (χ1) is 18.0. The van der Waals surface area contributed by atoms with Gasteiger partial charge in [-0.15, -0.1) is 0 Å². The van der Waals surface area contributed by atoms with Gasteiger partial charge in [-0.2, -0.15) is 4.31 Å². The number of carbonyl (C=O) groups is 1. The monoisotopic (exact) mass is 526 g/mol. The van der Waals surface area contributed by atoms with Crippen LogP contribution in [-0.2, 0) is 39.1 Å². The summed E-state index contributed by atoms with van der Waals surface area (Å²) >= 11 is 0. The Balaban J connectivity index is 1.31. The predicted octanol–water partition coefficient (Wildman–Crippen LogP) is 2.24. The van der Waals surface area contributed by atoms with Gasteiger partial charge < -0.3 is 19.4 Å². The number of hydrogen-bond acceptors (Lipinski definition) is 6. The van der Waals surface area contributed by atoms with Crippen molar-refractivity contribution < 1.29 is 22.7 Å². The molecule has 2 aliphatic heterocycles.